The summed E-state index contributed by atoms with van der Waals surface area (Å²) in [6, 6.07) is 6.40. The van der Waals surface area contributed by atoms with Gasteiger partial charge in [-0.3, -0.25) is 14.9 Å². The summed E-state index contributed by atoms with van der Waals surface area (Å²) >= 11 is 1.45. The molecule has 0 heterocycles. The van der Waals surface area contributed by atoms with Crippen LogP contribution in [0.4, 0.5) is 5.69 Å². The number of carbonyl (C=O) groups is 1. The van der Waals surface area contributed by atoms with Gasteiger partial charge in [-0.1, -0.05) is 0 Å². The van der Waals surface area contributed by atoms with Gasteiger partial charge in [0.1, 0.15) is 0 Å². The lowest BCUT2D eigenvalue weighted by molar-refractivity contribution is -0.384. The standard InChI is InChI=1S/C20H26N2O3S/c1-13(26-18-4-2-17(3-5-18)22(24)25)19(23)21-12-20-9-14-6-15(10-20)8-16(7-14)11-20/h2-5,13-16H,6-12H2,1H3,(H,21,23)/t13-,14?,15?,16?,20?/m1/s1. The van der Waals surface area contributed by atoms with Crippen molar-refractivity contribution < 1.29 is 9.72 Å². The van der Waals surface area contributed by atoms with Gasteiger partial charge in [0.15, 0.2) is 0 Å². The first-order chi connectivity index (χ1) is 12.4. The van der Waals surface area contributed by atoms with Gasteiger partial charge in [-0.05, 0) is 80.8 Å². The van der Waals surface area contributed by atoms with E-state index in [9.17, 15) is 14.9 Å². The van der Waals surface area contributed by atoms with E-state index >= 15 is 0 Å². The first kappa shape index (κ1) is 17.8. The summed E-state index contributed by atoms with van der Waals surface area (Å²) in [6.45, 7) is 2.72. The second kappa shape index (κ2) is 6.87. The number of hydrogen-bond acceptors (Lipinski definition) is 4. The molecule has 0 radical (unpaired) electrons. The predicted octanol–water partition coefficient (Wildman–Crippen LogP) is 4.41. The monoisotopic (exact) mass is 374 g/mol. The second-order valence-corrected chi connectivity index (χ2v) is 10.1. The molecule has 5 rings (SSSR count). The van der Waals surface area contributed by atoms with Crippen LogP contribution in [-0.2, 0) is 4.79 Å². The first-order valence-corrected chi connectivity index (χ1v) is 10.5. The van der Waals surface area contributed by atoms with Crippen LogP contribution in [0, 0.1) is 33.3 Å². The molecule has 0 unspecified atom stereocenters. The van der Waals surface area contributed by atoms with E-state index in [1.807, 2.05) is 6.92 Å². The molecule has 1 aromatic rings. The van der Waals surface area contributed by atoms with Crippen LogP contribution in [0.2, 0.25) is 0 Å². The summed E-state index contributed by atoms with van der Waals surface area (Å²) in [4.78, 5) is 23.8. The van der Waals surface area contributed by atoms with Crippen molar-refractivity contribution in [3.05, 3.63) is 34.4 Å². The van der Waals surface area contributed by atoms with Crippen LogP contribution in [0.5, 0.6) is 0 Å². The molecular weight excluding hydrogens is 348 g/mol. The van der Waals surface area contributed by atoms with E-state index < -0.39 is 4.92 Å². The molecule has 4 aliphatic rings. The highest BCUT2D eigenvalue weighted by Gasteiger charge is 2.50. The zero-order valence-corrected chi connectivity index (χ0v) is 16.0. The molecular formula is C20H26N2O3S. The van der Waals surface area contributed by atoms with E-state index in [0.717, 1.165) is 29.2 Å². The van der Waals surface area contributed by atoms with Gasteiger partial charge in [-0.25, -0.2) is 0 Å². The van der Waals surface area contributed by atoms with Gasteiger partial charge >= 0.3 is 0 Å². The average molecular weight is 375 g/mol. The molecule has 0 aliphatic heterocycles. The Kier molecular flexibility index (Phi) is 4.71. The molecule has 1 amide bonds. The van der Waals surface area contributed by atoms with Crippen LogP contribution in [0.15, 0.2) is 29.2 Å². The Hall–Kier alpha value is -1.56. The van der Waals surface area contributed by atoms with Crippen LogP contribution in [-0.4, -0.2) is 22.6 Å². The van der Waals surface area contributed by atoms with Crippen molar-refractivity contribution in [3.63, 3.8) is 0 Å². The third-order valence-corrected chi connectivity index (χ3v) is 7.64. The molecule has 4 bridgehead atoms. The molecule has 140 valence electrons. The van der Waals surface area contributed by atoms with Gasteiger partial charge < -0.3 is 5.32 Å². The topological polar surface area (TPSA) is 72.2 Å². The van der Waals surface area contributed by atoms with E-state index in [-0.39, 0.29) is 16.8 Å². The number of amides is 1. The Labute approximate surface area is 158 Å². The van der Waals surface area contributed by atoms with Crippen molar-refractivity contribution in [2.45, 2.75) is 55.6 Å². The van der Waals surface area contributed by atoms with Crippen LogP contribution in [0.1, 0.15) is 45.4 Å². The van der Waals surface area contributed by atoms with Gasteiger partial charge in [-0.15, -0.1) is 11.8 Å². The summed E-state index contributed by atoms with van der Waals surface area (Å²) in [7, 11) is 0. The summed E-state index contributed by atoms with van der Waals surface area (Å²) in [5.74, 6) is 2.75. The third-order valence-electron chi connectivity index (χ3n) is 6.53. The number of rotatable bonds is 6. The molecule has 4 saturated carbocycles. The lowest BCUT2D eigenvalue weighted by Crippen LogP contribution is -2.51. The van der Waals surface area contributed by atoms with Gasteiger partial charge in [0, 0.05) is 23.6 Å². The molecule has 26 heavy (non-hydrogen) atoms. The van der Waals surface area contributed by atoms with E-state index in [1.54, 1.807) is 12.1 Å². The van der Waals surface area contributed by atoms with E-state index in [1.165, 1.54) is 62.4 Å². The van der Waals surface area contributed by atoms with Crippen molar-refractivity contribution in [2.24, 2.45) is 23.2 Å². The summed E-state index contributed by atoms with van der Waals surface area (Å²) < 4.78 is 0. The third kappa shape index (κ3) is 3.61. The van der Waals surface area contributed by atoms with Crippen molar-refractivity contribution in [1.82, 2.24) is 5.32 Å². The molecule has 4 aliphatic carbocycles. The van der Waals surface area contributed by atoms with Crippen molar-refractivity contribution in [3.8, 4) is 0 Å². The minimum Gasteiger partial charge on any atom is -0.355 e. The number of nitro groups is 1. The SMILES string of the molecule is C[C@@H](Sc1ccc([N+](=O)[O-])cc1)C(=O)NCC12CC3CC(CC(C3)C1)C2. The number of carbonyl (C=O) groups excluding carboxylic acids is 1. The van der Waals surface area contributed by atoms with Crippen molar-refractivity contribution in [2.75, 3.05) is 6.54 Å². The Bertz CT molecular complexity index is 668. The smallest absolute Gasteiger partial charge is 0.269 e. The fourth-order valence-electron chi connectivity index (χ4n) is 5.83. The number of hydrogen-bond donors (Lipinski definition) is 1. The minimum absolute atomic E-state index is 0.0732. The fraction of sp³-hybridized carbons (Fsp3) is 0.650. The summed E-state index contributed by atoms with van der Waals surface area (Å²) in [5.41, 5.74) is 0.426. The van der Waals surface area contributed by atoms with E-state index in [4.69, 9.17) is 0 Å². The predicted molar refractivity (Wildman–Crippen MR) is 102 cm³/mol. The highest BCUT2D eigenvalue weighted by atomic mass is 32.2. The van der Waals surface area contributed by atoms with Crippen LogP contribution in [0.25, 0.3) is 0 Å². The van der Waals surface area contributed by atoms with Crippen LogP contribution >= 0.6 is 11.8 Å². The lowest BCUT2D eigenvalue weighted by atomic mass is 9.49. The maximum absolute atomic E-state index is 12.6. The molecule has 0 spiro atoms. The number of thioether (sulfide) groups is 1. The molecule has 0 saturated heterocycles. The van der Waals surface area contributed by atoms with Crippen LogP contribution in [0.3, 0.4) is 0 Å². The van der Waals surface area contributed by atoms with Crippen molar-refractivity contribution in [1.29, 1.82) is 0 Å². The molecule has 1 aromatic carbocycles. The van der Waals surface area contributed by atoms with Gasteiger partial charge in [0.05, 0.1) is 10.2 Å². The van der Waals surface area contributed by atoms with E-state index in [2.05, 4.69) is 5.32 Å². The number of nitrogens with zero attached hydrogens (tertiary/aromatic N) is 1. The van der Waals surface area contributed by atoms with Gasteiger partial charge in [-0.2, -0.15) is 0 Å². The van der Waals surface area contributed by atoms with Crippen LogP contribution < -0.4 is 5.32 Å². The zero-order chi connectivity index (χ0) is 18.3. The van der Waals surface area contributed by atoms with Gasteiger partial charge in [0.2, 0.25) is 5.91 Å². The number of nitro benzene ring substituents is 1. The maximum Gasteiger partial charge on any atom is 0.269 e. The second-order valence-electron chi connectivity index (χ2n) is 8.65. The highest BCUT2D eigenvalue weighted by molar-refractivity contribution is 8.00. The number of non-ortho nitro benzene ring substituents is 1. The zero-order valence-electron chi connectivity index (χ0n) is 15.1. The summed E-state index contributed by atoms with van der Waals surface area (Å²) in [5, 5.41) is 13.7. The normalized spacial score (nSPS) is 33.0. The Morgan fingerprint density at radius 1 is 1.19 bits per heavy atom. The molecule has 1 atom stereocenters. The summed E-state index contributed by atoms with van der Waals surface area (Å²) in [6.07, 6.45) is 8.13. The number of nitrogens with one attached hydrogen (secondary N) is 1. The Balaban J connectivity index is 1.31. The largest absolute Gasteiger partial charge is 0.355 e. The fourth-order valence-corrected chi connectivity index (χ4v) is 6.72. The number of benzene rings is 1. The maximum atomic E-state index is 12.6. The molecule has 1 N–H and O–H groups in total. The minimum atomic E-state index is -0.407. The van der Waals surface area contributed by atoms with Crippen molar-refractivity contribution >= 4 is 23.4 Å². The molecule has 6 heteroatoms. The quantitative estimate of drug-likeness (QED) is 0.455. The Morgan fingerprint density at radius 2 is 1.73 bits per heavy atom. The average Bonchev–Trinajstić information content (AvgIpc) is 2.59. The molecule has 4 fully saturated rings. The molecule has 0 aromatic heterocycles. The Morgan fingerprint density at radius 3 is 2.23 bits per heavy atom. The molecule has 5 nitrogen and oxygen atoms in total. The highest BCUT2D eigenvalue weighted by Crippen LogP contribution is 2.59. The first-order valence-electron chi connectivity index (χ1n) is 9.61. The lowest BCUT2D eigenvalue weighted by Gasteiger charge is -2.57. The van der Waals surface area contributed by atoms with Gasteiger partial charge in [0.25, 0.3) is 5.69 Å². The van der Waals surface area contributed by atoms with E-state index in [0.29, 0.717) is 5.41 Å².